The summed E-state index contributed by atoms with van der Waals surface area (Å²) in [4.78, 5) is 0. The lowest BCUT2D eigenvalue weighted by Crippen LogP contribution is -2.38. The zero-order valence-corrected chi connectivity index (χ0v) is 5.95. The molecule has 2 nitrogen and oxygen atoms in total. The Morgan fingerprint density at radius 1 is 1.36 bits per heavy atom. The van der Waals surface area contributed by atoms with Crippen molar-refractivity contribution in [3.05, 3.63) is 0 Å². The van der Waals surface area contributed by atoms with Gasteiger partial charge < -0.3 is 10.1 Å². The van der Waals surface area contributed by atoms with E-state index in [2.05, 4.69) is 10.1 Å². The second kappa shape index (κ2) is 3.40. The summed E-state index contributed by atoms with van der Waals surface area (Å²) >= 11 is 0. The van der Waals surface area contributed by atoms with E-state index in [1.807, 2.05) is 0 Å². The van der Waals surface area contributed by atoms with Crippen LogP contribution in [0.2, 0.25) is 0 Å². The Morgan fingerprint density at radius 2 is 2.09 bits per heavy atom. The average molecular weight is 169 g/mol. The fraction of sp³-hybridized carbons (Fsp3) is 1.00. The van der Waals surface area contributed by atoms with E-state index in [-0.39, 0.29) is 13.2 Å². The van der Waals surface area contributed by atoms with Gasteiger partial charge in [0, 0.05) is 13.2 Å². The normalized spacial score (nSPS) is 28.1. The minimum atomic E-state index is -4.22. The lowest BCUT2D eigenvalue weighted by atomic mass is 10.3. The van der Waals surface area contributed by atoms with Crippen molar-refractivity contribution in [3.8, 4) is 0 Å². The fourth-order valence-electron chi connectivity index (χ4n) is 0.925. The molecule has 1 aliphatic heterocycles. The summed E-state index contributed by atoms with van der Waals surface area (Å²) in [6, 6.07) is 0. The molecule has 0 radical (unpaired) electrons. The number of nitrogens with one attached hydrogen (secondary N) is 1. The van der Waals surface area contributed by atoms with Crippen molar-refractivity contribution in [1.29, 1.82) is 0 Å². The van der Waals surface area contributed by atoms with Crippen LogP contribution in [0.3, 0.4) is 0 Å². The zero-order chi connectivity index (χ0) is 8.32. The molecule has 0 spiro atoms. The summed E-state index contributed by atoms with van der Waals surface area (Å²) in [5.74, 6) is 0. The molecule has 5 heteroatoms. The lowest BCUT2D eigenvalue weighted by molar-refractivity contribution is -0.215. The van der Waals surface area contributed by atoms with Crippen LogP contribution in [0.4, 0.5) is 13.2 Å². The van der Waals surface area contributed by atoms with E-state index in [4.69, 9.17) is 0 Å². The van der Waals surface area contributed by atoms with Crippen LogP contribution < -0.4 is 5.32 Å². The first-order valence-electron chi connectivity index (χ1n) is 3.50. The van der Waals surface area contributed by atoms with E-state index in [0.717, 1.165) is 0 Å². The van der Waals surface area contributed by atoms with E-state index >= 15 is 0 Å². The fourth-order valence-corrected chi connectivity index (χ4v) is 0.925. The molecule has 0 bridgehead atoms. The molecular formula is C6H10F3NO. The summed E-state index contributed by atoms with van der Waals surface area (Å²) in [6.07, 6.45) is -5.20. The molecule has 1 heterocycles. The summed E-state index contributed by atoms with van der Waals surface area (Å²) in [5, 5.41) is 2.66. The molecular weight excluding hydrogens is 159 g/mol. The van der Waals surface area contributed by atoms with Gasteiger partial charge in [0.2, 0.25) is 0 Å². The summed E-state index contributed by atoms with van der Waals surface area (Å²) in [5.41, 5.74) is 0. The first kappa shape index (κ1) is 8.80. The van der Waals surface area contributed by atoms with Crippen LogP contribution in [0.15, 0.2) is 0 Å². The molecule has 0 aliphatic carbocycles. The molecule has 0 aromatic rings. The summed E-state index contributed by atoms with van der Waals surface area (Å²) in [6.45, 7) is 0.674. The second-order valence-electron chi connectivity index (χ2n) is 2.46. The van der Waals surface area contributed by atoms with Crippen LogP contribution in [-0.4, -0.2) is 32.0 Å². The molecule has 66 valence electrons. The lowest BCUT2D eigenvalue weighted by Gasteiger charge is -2.17. The number of halogens is 3. The first-order valence-corrected chi connectivity index (χ1v) is 3.50. The van der Waals surface area contributed by atoms with Gasteiger partial charge in [-0.15, -0.1) is 0 Å². The van der Waals surface area contributed by atoms with E-state index in [1.165, 1.54) is 0 Å². The van der Waals surface area contributed by atoms with Gasteiger partial charge in [0.25, 0.3) is 0 Å². The van der Waals surface area contributed by atoms with Gasteiger partial charge in [0.15, 0.2) is 6.10 Å². The maximum absolute atomic E-state index is 12.0. The number of ether oxygens (including phenoxy) is 1. The Morgan fingerprint density at radius 3 is 2.73 bits per heavy atom. The average Bonchev–Trinajstić information content (AvgIpc) is 2.10. The number of hydrogen-bond acceptors (Lipinski definition) is 2. The molecule has 1 aliphatic rings. The molecule has 0 amide bonds. The molecule has 11 heavy (non-hydrogen) atoms. The third-order valence-electron chi connectivity index (χ3n) is 1.51. The van der Waals surface area contributed by atoms with Gasteiger partial charge >= 0.3 is 6.18 Å². The topological polar surface area (TPSA) is 21.3 Å². The Balaban J connectivity index is 2.43. The highest BCUT2D eigenvalue weighted by Crippen LogP contribution is 2.23. The number of rotatable bonds is 0. The van der Waals surface area contributed by atoms with Crippen LogP contribution in [0.1, 0.15) is 6.42 Å². The van der Waals surface area contributed by atoms with Crippen molar-refractivity contribution in [2.24, 2.45) is 0 Å². The van der Waals surface area contributed by atoms with Crippen LogP contribution in [0.5, 0.6) is 0 Å². The van der Waals surface area contributed by atoms with Gasteiger partial charge in [-0.3, -0.25) is 0 Å². The highest BCUT2D eigenvalue weighted by atomic mass is 19.4. The summed E-state index contributed by atoms with van der Waals surface area (Å²) in [7, 11) is 0. The van der Waals surface area contributed by atoms with Crippen molar-refractivity contribution >= 4 is 0 Å². The van der Waals surface area contributed by atoms with Crippen LogP contribution in [0.25, 0.3) is 0 Å². The van der Waals surface area contributed by atoms with Gasteiger partial charge in [-0.25, -0.2) is 0 Å². The molecule has 0 aromatic carbocycles. The van der Waals surface area contributed by atoms with Gasteiger partial charge in [-0.05, 0) is 13.0 Å². The SMILES string of the molecule is FC(F)(F)C1CNCCCO1. The van der Waals surface area contributed by atoms with E-state index in [9.17, 15) is 13.2 Å². The molecule has 0 saturated carbocycles. The Bertz CT molecular complexity index is 117. The predicted molar refractivity (Wildman–Crippen MR) is 33.3 cm³/mol. The highest BCUT2D eigenvalue weighted by molar-refractivity contribution is 4.72. The molecule has 1 rings (SSSR count). The van der Waals surface area contributed by atoms with Gasteiger partial charge in [-0.2, -0.15) is 13.2 Å². The van der Waals surface area contributed by atoms with E-state index < -0.39 is 12.3 Å². The molecule has 1 N–H and O–H groups in total. The third kappa shape index (κ3) is 2.67. The van der Waals surface area contributed by atoms with Gasteiger partial charge in [-0.1, -0.05) is 0 Å². The maximum atomic E-state index is 12.0. The van der Waals surface area contributed by atoms with E-state index in [1.54, 1.807) is 0 Å². The monoisotopic (exact) mass is 169 g/mol. The Hall–Kier alpha value is -0.290. The number of alkyl halides is 3. The molecule has 0 aromatic heterocycles. The Labute approximate surface area is 62.7 Å². The van der Waals surface area contributed by atoms with E-state index in [0.29, 0.717) is 13.0 Å². The standard InChI is InChI=1S/C6H10F3NO/c7-6(8,9)5-4-10-2-1-3-11-5/h5,10H,1-4H2. The quantitative estimate of drug-likeness (QED) is 0.582. The van der Waals surface area contributed by atoms with Crippen LogP contribution in [0, 0.1) is 0 Å². The number of hydrogen-bond donors (Lipinski definition) is 1. The van der Waals surface area contributed by atoms with Gasteiger partial charge in [0.1, 0.15) is 0 Å². The minimum Gasteiger partial charge on any atom is -0.367 e. The third-order valence-corrected chi connectivity index (χ3v) is 1.51. The predicted octanol–water partition coefficient (Wildman–Crippen LogP) is 0.927. The van der Waals surface area contributed by atoms with Crippen molar-refractivity contribution < 1.29 is 17.9 Å². The Kier molecular flexibility index (Phi) is 2.72. The molecule has 1 fully saturated rings. The van der Waals surface area contributed by atoms with Crippen LogP contribution in [-0.2, 0) is 4.74 Å². The molecule has 1 atom stereocenters. The smallest absolute Gasteiger partial charge is 0.367 e. The summed E-state index contributed by atoms with van der Waals surface area (Å²) < 4.78 is 40.5. The zero-order valence-electron chi connectivity index (χ0n) is 5.95. The molecule has 1 saturated heterocycles. The highest BCUT2D eigenvalue weighted by Gasteiger charge is 2.40. The first-order chi connectivity index (χ1) is 5.11. The maximum Gasteiger partial charge on any atom is 0.415 e. The van der Waals surface area contributed by atoms with Crippen molar-refractivity contribution in [2.45, 2.75) is 18.7 Å². The van der Waals surface area contributed by atoms with Crippen LogP contribution >= 0.6 is 0 Å². The molecule has 1 unspecified atom stereocenters. The van der Waals surface area contributed by atoms with Crippen molar-refractivity contribution in [2.75, 3.05) is 19.7 Å². The van der Waals surface area contributed by atoms with Crippen molar-refractivity contribution in [3.63, 3.8) is 0 Å². The largest absolute Gasteiger partial charge is 0.415 e. The van der Waals surface area contributed by atoms with Gasteiger partial charge in [0.05, 0.1) is 0 Å². The van der Waals surface area contributed by atoms with Crippen molar-refractivity contribution in [1.82, 2.24) is 5.32 Å². The second-order valence-corrected chi connectivity index (χ2v) is 2.46. The minimum absolute atomic E-state index is 0.122.